The van der Waals surface area contributed by atoms with Crippen molar-refractivity contribution in [2.75, 3.05) is 0 Å². The molecule has 2 aromatic heterocycles. The molecule has 2 heteroatoms. The van der Waals surface area contributed by atoms with Crippen LogP contribution in [0, 0.1) is 0 Å². The molecule has 0 spiro atoms. The van der Waals surface area contributed by atoms with Crippen LogP contribution in [0.25, 0.3) is 111 Å². The molecule has 0 N–H and O–H groups in total. The first kappa shape index (κ1) is 31.0. The molecule has 1 aliphatic rings. The van der Waals surface area contributed by atoms with E-state index in [1.807, 2.05) is 0 Å². The largest absolute Gasteiger partial charge is 0.309 e. The molecule has 0 atom stereocenters. The maximum absolute atomic E-state index is 2.51. The quantitative estimate of drug-likeness (QED) is 0.173. The van der Waals surface area contributed by atoms with E-state index in [1.165, 1.54) is 105 Å². The number of fused-ring (bicyclic) bond motifs is 14. The first-order valence-electron chi connectivity index (χ1n) is 19.4. The molecule has 2 heterocycles. The summed E-state index contributed by atoms with van der Waals surface area (Å²) in [6, 6.07) is 76.0. The van der Waals surface area contributed by atoms with E-state index in [1.54, 1.807) is 0 Å². The Morgan fingerprint density at radius 1 is 0.250 bits per heavy atom. The minimum absolute atomic E-state index is 1.16. The highest BCUT2D eigenvalue weighted by molar-refractivity contribution is 6.13. The van der Waals surface area contributed by atoms with Crippen LogP contribution < -0.4 is 0 Å². The maximum Gasteiger partial charge on any atom is 0.0553 e. The third kappa shape index (κ3) is 4.44. The Labute approximate surface area is 324 Å². The van der Waals surface area contributed by atoms with Gasteiger partial charge in [0, 0.05) is 32.8 Å². The number of nitrogens with zero attached hydrogens (tertiary/aromatic N) is 2. The molecule has 56 heavy (non-hydrogen) atoms. The fraction of sp³-hybridized carbons (Fsp3) is 0. The van der Waals surface area contributed by atoms with Crippen molar-refractivity contribution in [1.82, 2.24) is 9.13 Å². The van der Waals surface area contributed by atoms with Crippen LogP contribution in [0.15, 0.2) is 206 Å². The summed E-state index contributed by atoms with van der Waals surface area (Å²) in [4.78, 5) is 0. The number of hydrogen-bond donors (Lipinski definition) is 0. The third-order valence-corrected chi connectivity index (χ3v) is 11.9. The Kier molecular flexibility index (Phi) is 6.66. The summed E-state index contributed by atoms with van der Waals surface area (Å²) < 4.78 is 4.91. The molecule has 0 bridgehead atoms. The number of hydrogen-bond acceptors (Lipinski definition) is 0. The summed E-state index contributed by atoms with van der Waals surface area (Å²) >= 11 is 0. The van der Waals surface area contributed by atoms with Gasteiger partial charge in [-0.15, -0.1) is 0 Å². The van der Waals surface area contributed by atoms with Crippen molar-refractivity contribution < 1.29 is 0 Å². The molecule has 260 valence electrons. The lowest BCUT2D eigenvalue weighted by Gasteiger charge is -2.26. The van der Waals surface area contributed by atoms with Crippen LogP contribution in [-0.2, 0) is 0 Å². The minimum atomic E-state index is 1.16. The van der Waals surface area contributed by atoms with Gasteiger partial charge in [0.05, 0.1) is 27.8 Å². The zero-order valence-electron chi connectivity index (χ0n) is 30.5. The Morgan fingerprint density at radius 2 is 0.679 bits per heavy atom. The number of aromatic nitrogens is 2. The van der Waals surface area contributed by atoms with E-state index < -0.39 is 0 Å². The standard InChI is InChI=1S/C54H34N2/c1-2-16-37(17-3-1)55-49-27-13-12-25-45(49)47-32-35(30-31-52(47)55)36-33-48-42-22-7-6-20-40(42)38-18-4-5-19-39(38)41-21-8-9-26-46(41)54(48)53(34-36)56-50-28-14-10-23-43(50)44-24-11-15-29-51(44)56/h1-34H. The molecule has 0 saturated carbocycles. The van der Waals surface area contributed by atoms with Gasteiger partial charge in [-0.2, -0.15) is 0 Å². The average molecular weight is 711 g/mol. The Morgan fingerprint density at radius 3 is 1.27 bits per heavy atom. The van der Waals surface area contributed by atoms with Gasteiger partial charge in [-0.1, -0.05) is 152 Å². The van der Waals surface area contributed by atoms with Gasteiger partial charge in [0.2, 0.25) is 0 Å². The predicted molar refractivity (Wildman–Crippen MR) is 236 cm³/mol. The number of rotatable bonds is 3. The highest BCUT2D eigenvalue weighted by Gasteiger charge is 2.27. The van der Waals surface area contributed by atoms with E-state index in [4.69, 9.17) is 0 Å². The summed E-state index contributed by atoms with van der Waals surface area (Å²) in [7, 11) is 0. The summed E-state index contributed by atoms with van der Waals surface area (Å²) in [5.74, 6) is 0. The van der Waals surface area contributed by atoms with E-state index in [9.17, 15) is 0 Å². The van der Waals surface area contributed by atoms with Gasteiger partial charge in [-0.25, -0.2) is 0 Å². The summed E-state index contributed by atoms with van der Waals surface area (Å²) in [5, 5.41) is 4.99. The van der Waals surface area contributed by atoms with Crippen molar-refractivity contribution >= 4 is 43.6 Å². The maximum atomic E-state index is 2.51. The Bertz CT molecular complexity index is 3310. The molecule has 2 nitrogen and oxygen atoms in total. The second-order valence-corrected chi connectivity index (χ2v) is 14.8. The molecular weight excluding hydrogens is 677 g/mol. The molecule has 0 saturated heterocycles. The summed E-state index contributed by atoms with van der Waals surface area (Å²) in [6.07, 6.45) is 0. The smallest absolute Gasteiger partial charge is 0.0553 e. The second kappa shape index (κ2) is 12.0. The van der Waals surface area contributed by atoms with Gasteiger partial charge in [-0.05, 0) is 105 Å². The molecule has 0 radical (unpaired) electrons. The summed E-state index contributed by atoms with van der Waals surface area (Å²) in [5.41, 5.74) is 19.4. The van der Waals surface area contributed by atoms with Crippen LogP contribution in [0.1, 0.15) is 0 Å². The van der Waals surface area contributed by atoms with Crippen LogP contribution in [-0.4, -0.2) is 9.13 Å². The van der Waals surface area contributed by atoms with Crippen LogP contribution in [0.2, 0.25) is 0 Å². The first-order valence-corrected chi connectivity index (χ1v) is 19.4. The minimum Gasteiger partial charge on any atom is -0.309 e. The SMILES string of the molecule is c1ccc(-n2c3ccccc3c3cc(-c4cc5c(c(-n6c7ccccc7c7ccccc76)c4)-c4ccccc4-c4ccccc4-c4ccccc4-5)ccc32)cc1. The van der Waals surface area contributed by atoms with Crippen molar-refractivity contribution in [3.63, 3.8) is 0 Å². The summed E-state index contributed by atoms with van der Waals surface area (Å²) in [6.45, 7) is 0. The van der Waals surface area contributed by atoms with Gasteiger partial charge in [-0.3, -0.25) is 0 Å². The van der Waals surface area contributed by atoms with Gasteiger partial charge in [0.1, 0.15) is 0 Å². The second-order valence-electron chi connectivity index (χ2n) is 14.8. The number of benzene rings is 9. The van der Waals surface area contributed by atoms with Crippen LogP contribution in [0.4, 0.5) is 0 Å². The van der Waals surface area contributed by atoms with Crippen molar-refractivity contribution in [2.24, 2.45) is 0 Å². The van der Waals surface area contributed by atoms with Gasteiger partial charge >= 0.3 is 0 Å². The third-order valence-electron chi connectivity index (χ3n) is 11.9. The van der Waals surface area contributed by atoms with E-state index in [2.05, 4.69) is 215 Å². The highest BCUT2D eigenvalue weighted by Crippen LogP contribution is 2.52. The lowest BCUT2D eigenvalue weighted by molar-refractivity contribution is 1.18. The molecule has 0 fully saturated rings. The Hall–Kier alpha value is -7.42. The van der Waals surface area contributed by atoms with Crippen molar-refractivity contribution in [3.8, 4) is 67.0 Å². The Balaban J connectivity index is 1.23. The molecule has 1 aliphatic carbocycles. The van der Waals surface area contributed by atoms with Crippen molar-refractivity contribution in [1.29, 1.82) is 0 Å². The fourth-order valence-electron chi connectivity index (χ4n) is 9.50. The average Bonchev–Trinajstić information content (AvgIpc) is 3.78. The molecule has 12 rings (SSSR count). The predicted octanol–water partition coefficient (Wildman–Crippen LogP) is 14.5. The van der Waals surface area contributed by atoms with Crippen molar-refractivity contribution in [2.45, 2.75) is 0 Å². The van der Waals surface area contributed by atoms with E-state index in [0.717, 1.165) is 5.69 Å². The van der Waals surface area contributed by atoms with E-state index >= 15 is 0 Å². The molecule has 9 aromatic carbocycles. The number of para-hydroxylation sites is 4. The van der Waals surface area contributed by atoms with E-state index in [-0.39, 0.29) is 0 Å². The van der Waals surface area contributed by atoms with Crippen LogP contribution in [0.5, 0.6) is 0 Å². The monoisotopic (exact) mass is 710 g/mol. The fourth-order valence-corrected chi connectivity index (χ4v) is 9.50. The lowest BCUT2D eigenvalue weighted by atomic mass is 9.79. The van der Waals surface area contributed by atoms with Crippen LogP contribution >= 0.6 is 0 Å². The molecular formula is C54H34N2. The zero-order chi connectivity index (χ0) is 36.7. The lowest BCUT2D eigenvalue weighted by Crippen LogP contribution is -2.04. The zero-order valence-corrected chi connectivity index (χ0v) is 30.5. The topological polar surface area (TPSA) is 9.86 Å². The van der Waals surface area contributed by atoms with Gasteiger partial charge < -0.3 is 9.13 Å². The molecule has 0 unspecified atom stereocenters. The van der Waals surface area contributed by atoms with Crippen molar-refractivity contribution in [3.05, 3.63) is 206 Å². The molecule has 11 aromatic rings. The van der Waals surface area contributed by atoms with Gasteiger partial charge in [0.25, 0.3) is 0 Å². The normalized spacial score (nSPS) is 11.9. The molecule has 0 aliphatic heterocycles. The van der Waals surface area contributed by atoms with Gasteiger partial charge in [0.15, 0.2) is 0 Å². The van der Waals surface area contributed by atoms with E-state index in [0.29, 0.717) is 0 Å². The molecule has 0 amide bonds. The van der Waals surface area contributed by atoms with Crippen LogP contribution in [0.3, 0.4) is 0 Å². The first-order chi connectivity index (χ1) is 27.8. The highest BCUT2D eigenvalue weighted by atomic mass is 15.0.